The summed E-state index contributed by atoms with van der Waals surface area (Å²) in [5.41, 5.74) is 1.74. The van der Waals surface area contributed by atoms with Gasteiger partial charge < -0.3 is 5.32 Å². The molecule has 0 bridgehead atoms. The Kier molecular flexibility index (Phi) is 4.33. The molecule has 0 atom stereocenters. The monoisotopic (exact) mass is 267 g/mol. The van der Waals surface area contributed by atoms with Gasteiger partial charge in [0.25, 0.3) is 0 Å². The standard InChI is InChI=1S/C13H15ClFN3/c1-18-11(6-8-17-18)5-7-16-9-10-3-2-4-12(14)13(10)15/h2-4,6,8,16H,5,7,9H2,1H3. The van der Waals surface area contributed by atoms with Crippen LogP contribution in [0.3, 0.4) is 0 Å². The number of nitrogens with zero attached hydrogens (tertiary/aromatic N) is 2. The summed E-state index contributed by atoms with van der Waals surface area (Å²) in [6, 6.07) is 7.01. The maximum absolute atomic E-state index is 13.6. The van der Waals surface area contributed by atoms with Crippen molar-refractivity contribution in [2.24, 2.45) is 7.05 Å². The molecule has 2 rings (SSSR count). The average molecular weight is 268 g/mol. The van der Waals surface area contributed by atoms with Crippen molar-refractivity contribution in [3.05, 3.63) is 52.6 Å². The van der Waals surface area contributed by atoms with Crippen LogP contribution in [0.1, 0.15) is 11.3 Å². The van der Waals surface area contributed by atoms with Gasteiger partial charge >= 0.3 is 0 Å². The van der Waals surface area contributed by atoms with Gasteiger partial charge in [0, 0.05) is 44.0 Å². The van der Waals surface area contributed by atoms with Crippen LogP contribution in [0.5, 0.6) is 0 Å². The third-order valence-corrected chi connectivity index (χ3v) is 3.12. The van der Waals surface area contributed by atoms with Crippen LogP contribution in [0.4, 0.5) is 4.39 Å². The molecule has 2 aromatic rings. The zero-order chi connectivity index (χ0) is 13.0. The van der Waals surface area contributed by atoms with Gasteiger partial charge in [-0.3, -0.25) is 4.68 Å². The lowest BCUT2D eigenvalue weighted by Gasteiger charge is -2.07. The lowest BCUT2D eigenvalue weighted by atomic mass is 10.2. The molecule has 0 saturated carbocycles. The zero-order valence-corrected chi connectivity index (χ0v) is 10.9. The van der Waals surface area contributed by atoms with Crippen LogP contribution in [0.2, 0.25) is 5.02 Å². The van der Waals surface area contributed by atoms with Crippen LogP contribution in [0.15, 0.2) is 30.5 Å². The van der Waals surface area contributed by atoms with E-state index in [4.69, 9.17) is 11.6 Å². The van der Waals surface area contributed by atoms with Crippen molar-refractivity contribution in [1.82, 2.24) is 15.1 Å². The largest absolute Gasteiger partial charge is 0.312 e. The third-order valence-electron chi connectivity index (χ3n) is 2.83. The van der Waals surface area contributed by atoms with Gasteiger partial charge in [0.1, 0.15) is 5.82 Å². The zero-order valence-electron chi connectivity index (χ0n) is 10.2. The van der Waals surface area contributed by atoms with Gasteiger partial charge in [-0.15, -0.1) is 0 Å². The van der Waals surface area contributed by atoms with Crippen LogP contribution < -0.4 is 5.32 Å². The summed E-state index contributed by atoms with van der Waals surface area (Å²) >= 11 is 5.71. The molecule has 5 heteroatoms. The molecule has 1 heterocycles. The van der Waals surface area contributed by atoms with Gasteiger partial charge in [-0.1, -0.05) is 23.7 Å². The summed E-state index contributed by atoms with van der Waals surface area (Å²) < 4.78 is 15.4. The fourth-order valence-electron chi connectivity index (χ4n) is 1.77. The molecule has 0 unspecified atom stereocenters. The van der Waals surface area contributed by atoms with Gasteiger partial charge in [0.2, 0.25) is 0 Å². The lowest BCUT2D eigenvalue weighted by Crippen LogP contribution is -2.18. The van der Waals surface area contributed by atoms with E-state index >= 15 is 0 Å². The number of halogens is 2. The van der Waals surface area contributed by atoms with Crippen molar-refractivity contribution in [3.8, 4) is 0 Å². The predicted molar refractivity (Wildman–Crippen MR) is 70.0 cm³/mol. The minimum atomic E-state index is -0.341. The first-order valence-electron chi connectivity index (χ1n) is 5.79. The number of hydrogen-bond donors (Lipinski definition) is 1. The second kappa shape index (κ2) is 5.98. The molecule has 1 aromatic heterocycles. The maximum Gasteiger partial charge on any atom is 0.146 e. The first kappa shape index (κ1) is 13.1. The molecule has 96 valence electrons. The Labute approximate surface area is 111 Å². The van der Waals surface area contributed by atoms with Gasteiger partial charge in [0.15, 0.2) is 0 Å². The molecule has 0 saturated heterocycles. The Morgan fingerprint density at radius 3 is 2.94 bits per heavy atom. The van der Waals surface area contributed by atoms with Crippen molar-refractivity contribution in [2.75, 3.05) is 6.54 Å². The second-order valence-electron chi connectivity index (χ2n) is 4.09. The number of benzene rings is 1. The number of hydrogen-bond acceptors (Lipinski definition) is 2. The molecule has 0 radical (unpaired) electrons. The van der Waals surface area contributed by atoms with Crippen LogP contribution in [0.25, 0.3) is 0 Å². The average Bonchev–Trinajstić information content (AvgIpc) is 2.76. The van der Waals surface area contributed by atoms with Gasteiger partial charge in [-0.25, -0.2) is 4.39 Å². The molecule has 3 nitrogen and oxygen atoms in total. The highest BCUT2D eigenvalue weighted by molar-refractivity contribution is 6.30. The quantitative estimate of drug-likeness (QED) is 0.844. The third kappa shape index (κ3) is 3.09. The highest BCUT2D eigenvalue weighted by atomic mass is 35.5. The van der Waals surface area contributed by atoms with Crippen LogP contribution >= 0.6 is 11.6 Å². The van der Waals surface area contributed by atoms with Crippen molar-refractivity contribution >= 4 is 11.6 Å². The Bertz CT molecular complexity index is 525. The number of aromatic nitrogens is 2. The summed E-state index contributed by atoms with van der Waals surface area (Å²) in [6.07, 6.45) is 2.63. The predicted octanol–water partition coefficient (Wildman–Crippen LogP) is 2.54. The Morgan fingerprint density at radius 1 is 1.39 bits per heavy atom. The topological polar surface area (TPSA) is 29.9 Å². The normalized spacial score (nSPS) is 10.8. The van der Waals surface area contributed by atoms with Crippen LogP contribution in [-0.2, 0) is 20.0 Å². The van der Waals surface area contributed by atoms with E-state index in [1.54, 1.807) is 24.4 Å². The fraction of sp³-hybridized carbons (Fsp3) is 0.308. The van der Waals surface area contributed by atoms with Crippen molar-refractivity contribution in [1.29, 1.82) is 0 Å². The fourth-order valence-corrected chi connectivity index (χ4v) is 1.97. The first-order valence-corrected chi connectivity index (χ1v) is 6.17. The highest BCUT2D eigenvalue weighted by Crippen LogP contribution is 2.17. The van der Waals surface area contributed by atoms with E-state index in [1.807, 2.05) is 17.8 Å². The van der Waals surface area contributed by atoms with Gasteiger partial charge in [-0.05, 0) is 12.1 Å². The Balaban J connectivity index is 1.82. The molecule has 0 aliphatic heterocycles. The minimum Gasteiger partial charge on any atom is -0.312 e. The molecular weight excluding hydrogens is 253 g/mol. The lowest BCUT2D eigenvalue weighted by molar-refractivity contribution is 0.584. The van der Waals surface area contributed by atoms with E-state index < -0.39 is 0 Å². The van der Waals surface area contributed by atoms with Crippen molar-refractivity contribution in [2.45, 2.75) is 13.0 Å². The van der Waals surface area contributed by atoms with E-state index in [-0.39, 0.29) is 10.8 Å². The minimum absolute atomic E-state index is 0.168. The highest BCUT2D eigenvalue weighted by Gasteiger charge is 2.05. The summed E-state index contributed by atoms with van der Waals surface area (Å²) in [7, 11) is 1.91. The van der Waals surface area contributed by atoms with Crippen LogP contribution in [0, 0.1) is 5.82 Å². The van der Waals surface area contributed by atoms with E-state index in [1.165, 1.54) is 0 Å². The molecule has 0 spiro atoms. The Hall–Kier alpha value is -1.39. The van der Waals surface area contributed by atoms with Crippen molar-refractivity contribution in [3.63, 3.8) is 0 Å². The Morgan fingerprint density at radius 2 is 2.22 bits per heavy atom. The number of aryl methyl sites for hydroxylation is 1. The van der Waals surface area contributed by atoms with E-state index in [2.05, 4.69) is 10.4 Å². The summed E-state index contributed by atoms with van der Waals surface area (Å²) in [6.45, 7) is 1.25. The maximum atomic E-state index is 13.6. The molecule has 0 aliphatic rings. The van der Waals surface area contributed by atoms with E-state index in [0.717, 1.165) is 18.7 Å². The summed E-state index contributed by atoms with van der Waals surface area (Å²) in [5.74, 6) is -0.341. The number of rotatable bonds is 5. The second-order valence-corrected chi connectivity index (χ2v) is 4.49. The van der Waals surface area contributed by atoms with E-state index in [9.17, 15) is 4.39 Å². The smallest absolute Gasteiger partial charge is 0.146 e. The molecule has 0 amide bonds. The van der Waals surface area contributed by atoms with Gasteiger partial charge in [0.05, 0.1) is 5.02 Å². The molecule has 0 fully saturated rings. The van der Waals surface area contributed by atoms with Gasteiger partial charge in [-0.2, -0.15) is 5.10 Å². The molecule has 18 heavy (non-hydrogen) atoms. The SMILES string of the molecule is Cn1nccc1CCNCc1cccc(Cl)c1F. The summed E-state index contributed by atoms with van der Waals surface area (Å²) in [4.78, 5) is 0. The van der Waals surface area contributed by atoms with Crippen molar-refractivity contribution < 1.29 is 4.39 Å². The number of nitrogens with one attached hydrogen (secondary N) is 1. The first-order chi connectivity index (χ1) is 8.68. The van der Waals surface area contributed by atoms with Crippen LogP contribution in [-0.4, -0.2) is 16.3 Å². The molecule has 1 N–H and O–H groups in total. The van der Waals surface area contributed by atoms with E-state index in [0.29, 0.717) is 12.1 Å². The molecule has 1 aromatic carbocycles. The summed E-state index contributed by atoms with van der Waals surface area (Å²) in [5, 5.41) is 7.45. The molecule has 0 aliphatic carbocycles. The molecular formula is C13H15ClFN3.